The van der Waals surface area contributed by atoms with Crippen molar-refractivity contribution < 1.29 is 9.53 Å². The molecule has 19 heavy (non-hydrogen) atoms. The molecule has 1 aromatic rings. The van der Waals surface area contributed by atoms with Gasteiger partial charge in [-0.25, -0.2) is 0 Å². The smallest absolute Gasteiger partial charge is 0.223 e. The van der Waals surface area contributed by atoms with Crippen LogP contribution >= 0.6 is 11.6 Å². The second-order valence-electron chi connectivity index (χ2n) is 5.01. The zero-order valence-electron chi connectivity index (χ0n) is 11.2. The molecule has 0 radical (unpaired) electrons. The summed E-state index contributed by atoms with van der Waals surface area (Å²) < 4.78 is 5.65. The fraction of sp³-hybridized carbons (Fsp3) is 0.533. The third-order valence-electron chi connectivity index (χ3n) is 3.32. The van der Waals surface area contributed by atoms with E-state index in [9.17, 15) is 4.79 Å². The third kappa shape index (κ3) is 4.22. The Hall–Kier alpha value is -1.06. The van der Waals surface area contributed by atoms with Crippen LogP contribution in [0.25, 0.3) is 0 Å². The highest BCUT2D eigenvalue weighted by molar-refractivity contribution is 6.18. The van der Waals surface area contributed by atoms with Gasteiger partial charge in [-0.1, -0.05) is 30.3 Å². The minimum Gasteiger partial charge on any atom is -0.370 e. The number of halogens is 1. The van der Waals surface area contributed by atoms with E-state index in [2.05, 4.69) is 12.1 Å². The molecule has 2 rings (SSSR count). The lowest BCUT2D eigenvalue weighted by Crippen LogP contribution is -2.49. The molecule has 0 aliphatic carbocycles. The average Bonchev–Trinajstić information content (AvgIpc) is 2.45. The molecule has 1 aliphatic rings. The first-order chi connectivity index (χ1) is 9.19. The summed E-state index contributed by atoms with van der Waals surface area (Å²) >= 11 is 5.83. The first-order valence-corrected chi connectivity index (χ1v) is 7.25. The van der Waals surface area contributed by atoms with Crippen molar-refractivity contribution in [1.82, 2.24) is 4.90 Å². The largest absolute Gasteiger partial charge is 0.370 e. The summed E-state index contributed by atoms with van der Waals surface area (Å²) in [5.41, 5.74) is 1.20. The van der Waals surface area contributed by atoms with Gasteiger partial charge >= 0.3 is 0 Å². The van der Waals surface area contributed by atoms with Crippen LogP contribution in [0, 0.1) is 0 Å². The fourth-order valence-corrected chi connectivity index (χ4v) is 2.56. The van der Waals surface area contributed by atoms with Gasteiger partial charge in [0.2, 0.25) is 5.91 Å². The molecule has 1 aliphatic heterocycles. The van der Waals surface area contributed by atoms with Crippen LogP contribution in [0.2, 0.25) is 0 Å². The van der Waals surface area contributed by atoms with Crippen LogP contribution in [0.4, 0.5) is 0 Å². The predicted octanol–water partition coefficient (Wildman–Crippen LogP) is 2.47. The van der Waals surface area contributed by atoms with Crippen molar-refractivity contribution in [2.75, 3.05) is 19.0 Å². The number of morpholine rings is 1. The third-order valence-corrected chi connectivity index (χ3v) is 3.67. The van der Waals surface area contributed by atoms with E-state index in [-0.39, 0.29) is 18.1 Å². The molecule has 0 bridgehead atoms. The lowest BCUT2D eigenvalue weighted by atomic mass is 10.1. The van der Waals surface area contributed by atoms with Gasteiger partial charge in [-0.3, -0.25) is 4.79 Å². The van der Waals surface area contributed by atoms with Crippen LogP contribution in [0.3, 0.4) is 0 Å². The van der Waals surface area contributed by atoms with E-state index in [0.717, 1.165) is 6.42 Å². The van der Waals surface area contributed by atoms with Crippen molar-refractivity contribution in [2.45, 2.75) is 32.0 Å². The first kappa shape index (κ1) is 14.4. The maximum atomic E-state index is 12.2. The zero-order valence-corrected chi connectivity index (χ0v) is 12.0. The number of aryl methyl sites for hydroxylation is 1. The molecular formula is C15H20ClNO2. The molecule has 1 amide bonds. The van der Waals surface area contributed by atoms with Crippen LogP contribution in [-0.4, -0.2) is 42.0 Å². The predicted molar refractivity (Wildman–Crippen MR) is 76.4 cm³/mol. The topological polar surface area (TPSA) is 29.5 Å². The molecule has 2 unspecified atom stereocenters. The second kappa shape index (κ2) is 6.92. The van der Waals surface area contributed by atoms with E-state index >= 15 is 0 Å². The summed E-state index contributed by atoms with van der Waals surface area (Å²) in [6.45, 7) is 3.26. The molecule has 4 heteroatoms. The highest BCUT2D eigenvalue weighted by Gasteiger charge is 2.27. The number of benzene rings is 1. The summed E-state index contributed by atoms with van der Waals surface area (Å²) in [6, 6.07) is 10.1. The minimum atomic E-state index is -0.0360. The van der Waals surface area contributed by atoms with Crippen molar-refractivity contribution in [2.24, 2.45) is 0 Å². The van der Waals surface area contributed by atoms with Gasteiger partial charge in [-0.2, -0.15) is 0 Å². The van der Waals surface area contributed by atoms with Crippen molar-refractivity contribution >= 4 is 17.5 Å². The monoisotopic (exact) mass is 281 g/mol. The number of carbonyl (C=O) groups excluding carboxylic acids is 1. The molecule has 1 aromatic carbocycles. The van der Waals surface area contributed by atoms with Crippen LogP contribution < -0.4 is 0 Å². The molecule has 1 heterocycles. The lowest BCUT2D eigenvalue weighted by Gasteiger charge is -2.36. The van der Waals surface area contributed by atoms with Gasteiger partial charge in [0.15, 0.2) is 0 Å². The number of ether oxygens (including phenoxy) is 1. The Kier molecular flexibility index (Phi) is 5.23. The SMILES string of the molecule is CC1CN(C(=O)CCc2ccccc2)CC(CCl)O1. The van der Waals surface area contributed by atoms with Gasteiger partial charge in [0.05, 0.1) is 18.1 Å². The summed E-state index contributed by atoms with van der Waals surface area (Å²) in [5.74, 6) is 0.626. The maximum Gasteiger partial charge on any atom is 0.223 e. The lowest BCUT2D eigenvalue weighted by molar-refractivity contribution is -0.142. The van der Waals surface area contributed by atoms with Crippen molar-refractivity contribution in [3.8, 4) is 0 Å². The Morgan fingerprint density at radius 1 is 1.37 bits per heavy atom. The molecule has 0 saturated carbocycles. The van der Waals surface area contributed by atoms with Gasteiger partial charge in [0.25, 0.3) is 0 Å². The summed E-state index contributed by atoms with van der Waals surface area (Å²) in [4.78, 5) is 14.1. The average molecular weight is 282 g/mol. The Bertz CT molecular complexity index is 410. The number of nitrogens with zero attached hydrogens (tertiary/aromatic N) is 1. The number of amides is 1. The summed E-state index contributed by atoms with van der Waals surface area (Å²) in [6.07, 6.45) is 1.37. The Labute approximate surface area is 119 Å². The molecule has 0 aromatic heterocycles. The Balaban J connectivity index is 1.85. The quantitative estimate of drug-likeness (QED) is 0.794. The first-order valence-electron chi connectivity index (χ1n) is 6.72. The zero-order chi connectivity index (χ0) is 13.7. The molecule has 0 spiro atoms. The fourth-order valence-electron chi connectivity index (χ4n) is 2.39. The van der Waals surface area contributed by atoms with Crippen LogP contribution in [0.5, 0.6) is 0 Å². The molecule has 0 N–H and O–H groups in total. The van der Waals surface area contributed by atoms with E-state index in [0.29, 0.717) is 25.4 Å². The van der Waals surface area contributed by atoms with Gasteiger partial charge in [0, 0.05) is 19.5 Å². The number of carbonyl (C=O) groups is 1. The summed E-state index contributed by atoms with van der Waals surface area (Å²) in [7, 11) is 0. The number of hydrogen-bond donors (Lipinski definition) is 0. The van der Waals surface area contributed by atoms with Crippen molar-refractivity contribution in [3.05, 3.63) is 35.9 Å². The molecular weight excluding hydrogens is 262 g/mol. The van der Waals surface area contributed by atoms with E-state index < -0.39 is 0 Å². The maximum absolute atomic E-state index is 12.2. The van der Waals surface area contributed by atoms with Crippen LogP contribution in [-0.2, 0) is 16.0 Å². The van der Waals surface area contributed by atoms with Crippen molar-refractivity contribution in [3.63, 3.8) is 0 Å². The van der Waals surface area contributed by atoms with E-state index in [1.807, 2.05) is 30.0 Å². The van der Waals surface area contributed by atoms with Crippen LogP contribution in [0.15, 0.2) is 30.3 Å². The van der Waals surface area contributed by atoms with Gasteiger partial charge in [0.1, 0.15) is 0 Å². The highest BCUT2D eigenvalue weighted by Crippen LogP contribution is 2.14. The molecule has 3 nitrogen and oxygen atoms in total. The number of alkyl halides is 1. The summed E-state index contributed by atoms with van der Waals surface area (Å²) in [5, 5.41) is 0. The van der Waals surface area contributed by atoms with E-state index in [1.165, 1.54) is 5.56 Å². The van der Waals surface area contributed by atoms with Gasteiger partial charge in [-0.15, -0.1) is 11.6 Å². The van der Waals surface area contributed by atoms with Crippen LogP contribution in [0.1, 0.15) is 18.9 Å². The second-order valence-corrected chi connectivity index (χ2v) is 5.32. The van der Waals surface area contributed by atoms with Gasteiger partial charge < -0.3 is 9.64 Å². The van der Waals surface area contributed by atoms with Crippen molar-refractivity contribution in [1.29, 1.82) is 0 Å². The Morgan fingerprint density at radius 2 is 2.11 bits per heavy atom. The van der Waals surface area contributed by atoms with Gasteiger partial charge in [-0.05, 0) is 18.9 Å². The standard InChI is InChI=1S/C15H20ClNO2/c1-12-10-17(11-14(9-16)19-12)15(18)8-7-13-5-3-2-4-6-13/h2-6,12,14H,7-11H2,1H3. The molecule has 1 fully saturated rings. The van der Waals surface area contributed by atoms with E-state index in [1.54, 1.807) is 0 Å². The minimum absolute atomic E-state index is 0.0360. The number of hydrogen-bond acceptors (Lipinski definition) is 2. The molecule has 1 saturated heterocycles. The molecule has 2 atom stereocenters. The molecule has 104 valence electrons. The number of rotatable bonds is 4. The highest BCUT2D eigenvalue weighted by atomic mass is 35.5. The van der Waals surface area contributed by atoms with E-state index in [4.69, 9.17) is 16.3 Å². The normalized spacial score (nSPS) is 23.4. The Morgan fingerprint density at radius 3 is 2.79 bits per heavy atom.